The van der Waals surface area contributed by atoms with Crippen molar-refractivity contribution in [2.24, 2.45) is 0 Å². The molecule has 0 spiro atoms. The maximum absolute atomic E-state index is 13.6. The lowest BCUT2D eigenvalue weighted by atomic mass is 10.0. The lowest BCUT2D eigenvalue weighted by molar-refractivity contribution is -0.111. The van der Waals surface area contributed by atoms with Gasteiger partial charge in [0.1, 0.15) is 5.82 Å². The Balaban J connectivity index is 1.79. The average molecular weight is 388 g/mol. The number of carbonyl (C=O) groups is 2. The van der Waals surface area contributed by atoms with Gasteiger partial charge in [0.05, 0.1) is 16.7 Å². The highest BCUT2D eigenvalue weighted by atomic mass is 32.2. The predicted molar refractivity (Wildman–Crippen MR) is 98.5 cm³/mol. The first-order valence-corrected chi connectivity index (χ1v) is 9.82. The number of anilines is 1. The van der Waals surface area contributed by atoms with Crippen LogP contribution in [0.5, 0.6) is 0 Å². The van der Waals surface area contributed by atoms with E-state index in [2.05, 4.69) is 17.2 Å². The van der Waals surface area contributed by atoms with E-state index in [-0.39, 0.29) is 28.5 Å². The lowest BCUT2D eigenvalue weighted by Crippen LogP contribution is -2.34. The first kappa shape index (κ1) is 18.8. The second kappa shape index (κ2) is 7.32. The Hall–Kier alpha value is -3.00. The molecule has 1 unspecified atom stereocenters. The molecule has 140 valence electrons. The highest BCUT2D eigenvalue weighted by Crippen LogP contribution is 2.32. The summed E-state index contributed by atoms with van der Waals surface area (Å²) in [6.45, 7) is 3.36. The summed E-state index contributed by atoms with van der Waals surface area (Å²) in [5, 5.41) is 5.32. The third-order valence-corrected chi connectivity index (χ3v) is 6.08. The van der Waals surface area contributed by atoms with Crippen molar-refractivity contribution in [3.05, 3.63) is 72.1 Å². The fraction of sp³-hybridized carbons (Fsp3) is 0.158. The molecule has 0 saturated heterocycles. The molecule has 0 aromatic heterocycles. The quantitative estimate of drug-likeness (QED) is 0.622. The predicted octanol–water partition coefficient (Wildman–Crippen LogP) is 2.60. The molecule has 2 aromatic rings. The van der Waals surface area contributed by atoms with E-state index in [4.69, 9.17) is 0 Å². The van der Waals surface area contributed by atoms with Crippen LogP contribution in [0.15, 0.2) is 60.0 Å². The van der Waals surface area contributed by atoms with E-state index in [0.717, 1.165) is 18.2 Å². The average Bonchev–Trinajstić information content (AvgIpc) is 2.64. The molecule has 0 saturated carbocycles. The van der Waals surface area contributed by atoms with Gasteiger partial charge in [-0.3, -0.25) is 9.59 Å². The van der Waals surface area contributed by atoms with Gasteiger partial charge >= 0.3 is 0 Å². The van der Waals surface area contributed by atoms with E-state index in [9.17, 15) is 22.4 Å². The maximum atomic E-state index is 13.6. The molecule has 3 rings (SSSR count). The van der Waals surface area contributed by atoms with Gasteiger partial charge in [0.2, 0.25) is 5.91 Å². The number of benzene rings is 2. The monoisotopic (exact) mass is 388 g/mol. The van der Waals surface area contributed by atoms with E-state index in [0.29, 0.717) is 11.3 Å². The van der Waals surface area contributed by atoms with Crippen LogP contribution in [0, 0.1) is 5.82 Å². The summed E-state index contributed by atoms with van der Waals surface area (Å²) in [6, 6.07) is 9.05. The van der Waals surface area contributed by atoms with Gasteiger partial charge < -0.3 is 10.6 Å². The molecule has 0 aliphatic carbocycles. The standard InChI is InChI=1S/C19H17FN2O4S/c1-2-18(23)21-14-6-3-12(4-7-14)19(24)22-16-9-10-27(25,26)17-8-5-13(20)11-15(16)17/h2-8,11,16H,1,9-10H2,(H,21,23)(H,22,24). The molecule has 1 heterocycles. The van der Waals surface area contributed by atoms with Gasteiger partial charge in [0, 0.05) is 11.3 Å². The van der Waals surface area contributed by atoms with Crippen LogP contribution in [-0.2, 0) is 14.6 Å². The number of carbonyl (C=O) groups excluding carboxylic acids is 2. The van der Waals surface area contributed by atoms with Crippen LogP contribution in [0.4, 0.5) is 10.1 Å². The van der Waals surface area contributed by atoms with Crippen LogP contribution in [0.2, 0.25) is 0 Å². The zero-order valence-corrected chi connectivity index (χ0v) is 15.1. The summed E-state index contributed by atoms with van der Waals surface area (Å²) in [5.74, 6) is -1.47. The minimum absolute atomic E-state index is 0.0444. The number of nitrogens with one attached hydrogen (secondary N) is 2. The van der Waals surface area contributed by atoms with Crippen LogP contribution in [0.3, 0.4) is 0 Å². The van der Waals surface area contributed by atoms with Gasteiger partial charge in [-0.15, -0.1) is 0 Å². The van der Waals surface area contributed by atoms with E-state index in [1.54, 1.807) is 12.1 Å². The largest absolute Gasteiger partial charge is 0.345 e. The van der Waals surface area contributed by atoms with Crippen LogP contribution in [0.25, 0.3) is 0 Å². The van der Waals surface area contributed by atoms with Gasteiger partial charge in [0.25, 0.3) is 5.91 Å². The zero-order chi connectivity index (χ0) is 19.6. The summed E-state index contributed by atoms with van der Waals surface area (Å²) in [5.41, 5.74) is 1.09. The fourth-order valence-corrected chi connectivity index (χ4v) is 4.50. The highest BCUT2D eigenvalue weighted by Gasteiger charge is 2.31. The van der Waals surface area contributed by atoms with E-state index < -0.39 is 27.6 Å². The van der Waals surface area contributed by atoms with E-state index >= 15 is 0 Å². The summed E-state index contributed by atoms with van der Waals surface area (Å²) < 4.78 is 37.9. The number of fused-ring (bicyclic) bond motifs is 1. The Labute approximate surface area is 156 Å². The second-order valence-corrected chi connectivity index (χ2v) is 8.16. The second-order valence-electron chi connectivity index (χ2n) is 6.09. The van der Waals surface area contributed by atoms with Crippen LogP contribution < -0.4 is 10.6 Å². The summed E-state index contributed by atoms with van der Waals surface area (Å²) in [4.78, 5) is 23.8. The molecule has 8 heteroatoms. The topological polar surface area (TPSA) is 92.3 Å². The van der Waals surface area contributed by atoms with Crippen molar-refractivity contribution in [1.29, 1.82) is 0 Å². The first-order valence-electron chi connectivity index (χ1n) is 8.17. The van der Waals surface area contributed by atoms with Crippen LogP contribution in [-0.4, -0.2) is 26.0 Å². The number of rotatable bonds is 4. The van der Waals surface area contributed by atoms with E-state index in [1.165, 1.54) is 18.2 Å². The van der Waals surface area contributed by atoms with Crippen molar-refractivity contribution in [1.82, 2.24) is 5.32 Å². The Kier molecular flexibility index (Phi) is 5.09. The van der Waals surface area contributed by atoms with Gasteiger partial charge in [0.15, 0.2) is 9.84 Å². The lowest BCUT2D eigenvalue weighted by Gasteiger charge is -2.26. The van der Waals surface area contributed by atoms with Gasteiger partial charge in [-0.05, 0) is 60.5 Å². The van der Waals surface area contributed by atoms with Gasteiger partial charge in [-0.25, -0.2) is 12.8 Å². The molecule has 6 nitrogen and oxygen atoms in total. The molecule has 0 bridgehead atoms. The van der Waals surface area contributed by atoms with Crippen molar-refractivity contribution >= 4 is 27.3 Å². The Morgan fingerprint density at radius 2 is 1.85 bits per heavy atom. The smallest absolute Gasteiger partial charge is 0.251 e. The Morgan fingerprint density at radius 3 is 2.52 bits per heavy atom. The third kappa shape index (κ3) is 4.06. The molecular weight excluding hydrogens is 371 g/mol. The molecule has 0 fully saturated rings. The molecule has 2 aromatic carbocycles. The van der Waals surface area contributed by atoms with Crippen molar-refractivity contribution in [2.75, 3.05) is 11.1 Å². The summed E-state index contributed by atoms with van der Waals surface area (Å²) >= 11 is 0. The van der Waals surface area contributed by atoms with Gasteiger partial charge in [-0.2, -0.15) is 0 Å². The van der Waals surface area contributed by atoms with Crippen molar-refractivity contribution in [2.45, 2.75) is 17.4 Å². The van der Waals surface area contributed by atoms with Crippen molar-refractivity contribution in [3.8, 4) is 0 Å². The molecule has 0 radical (unpaired) electrons. The first-order chi connectivity index (χ1) is 12.8. The van der Waals surface area contributed by atoms with Gasteiger partial charge in [-0.1, -0.05) is 6.58 Å². The van der Waals surface area contributed by atoms with Crippen molar-refractivity contribution in [3.63, 3.8) is 0 Å². The number of hydrogen-bond donors (Lipinski definition) is 2. The third-order valence-electron chi connectivity index (χ3n) is 4.26. The molecule has 2 N–H and O–H groups in total. The highest BCUT2D eigenvalue weighted by molar-refractivity contribution is 7.91. The molecular formula is C19H17FN2O4S. The molecule has 1 aliphatic heterocycles. The molecule has 27 heavy (non-hydrogen) atoms. The van der Waals surface area contributed by atoms with Crippen LogP contribution >= 0.6 is 0 Å². The zero-order valence-electron chi connectivity index (χ0n) is 14.2. The number of hydrogen-bond acceptors (Lipinski definition) is 4. The van der Waals surface area contributed by atoms with E-state index in [1.807, 2.05) is 0 Å². The minimum atomic E-state index is -3.48. The van der Waals surface area contributed by atoms with Crippen LogP contribution in [0.1, 0.15) is 28.4 Å². The summed E-state index contributed by atoms with van der Waals surface area (Å²) in [7, 11) is -3.48. The van der Waals surface area contributed by atoms with Crippen molar-refractivity contribution < 1.29 is 22.4 Å². The number of halogens is 1. The molecule has 1 atom stereocenters. The Bertz CT molecular complexity index is 1020. The normalized spacial score (nSPS) is 17.4. The Morgan fingerprint density at radius 1 is 1.15 bits per heavy atom. The summed E-state index contributed by atoms with van der Waals surface area (Å²) in [6.07, 6.45) is 1.30. The molecule has 2 amide bonds. The number of amides is 2. The molecule has 1 aliphatic rings. The number of sulfone groups is 1. The minimum Gasteiger partial charge on any atom is -0.345 e. The SMILES string of the molecule is C=CC(=O)Nc1ccc(C(=O)NC2CCS(=O)(=O)c3ccc(F)cc32)cc1. The maximum Gasteiger partial charge on any atom is 0.251 e. The fourth-order valence-electron chi connectivity index (χ4n) is 2.90.